The van der Waals surface area contributed by atoms with E-state index in [0.29, 0.717) is 5.56 Å². The van der Waals surface area contributed by atoms with Crippen molar-refractivity contribution in [1.82, 2.24) is 9.55 Å². The Labute approximate surface area is 169 Å². The first-order valence-electron chi connectivity index (χ1n) is 8.84. The maximum atomic E-state index is 12.2. The molecule has 1 aromatic carbocycles. The second kappa shape index (κ2) is 9.07. The summed E-state index contributed by atoms with van der Waals surface area (Å²) in [5.74, 6) is -1.28. The van der Waals surface area contributed by atoms with Gasteiger partial charge in [-0.05, 0) is 23.7 Å². The lowest BCUT2D eigenvalue weighted by Gasteiger charge is -2.20. The first kappa shape index (κ1) is 20.8. The minimum atomic E-state index is -1.15. The van der Waals surface area contributed by atoms with Gasteiger partial charge in [-0.15, -0.1) is 0 Å². The molecule has 0 radical (unpaired) electrons. The van der Waals surface area contributed by atoms with Gasteiger partial charge in [0, 0.05) is 18.0 Å². The van der Waals surface area contributed by atoms with Crippen molar-refractivity contribution in [3.05, 3.63) is 69.1 Å². The standard InChI is InChI=1S/C18H18N6O6/c1-10(25)29-15-12(9-28-17(26)11-5-3-2-4-6-11)30-16(14(15)22-23-20)24-8-7-13(19)21-18(24)27/h2-8,12,14-16H,9H2,1H3,(H2,19,21,27)/t12-,14+,15-,16-/m1/s1. The Hall–Kier alpha value is -3.89. The number of anilines is 1. The third kappa shape index (κ3) is 4.57. The minimum Gasteiger partial charge on any atom is -0.459 e. The molecular formula is C18H18N6O6. The van der Waals surface area contributed by atoms with Gasteiger partial charge in [-0.3, -0.25) is 9.36 Å². The lowest BCUT2D eigenvalue weighted by molar-refractivity contribution is -0.150. The number of aromatic nitrogens is 2. The highest BCUT2D eigenvalue weighted by atomic mass is 16.6. The van der Waals surface area contributed by atoms with Crippen LogP contribution in [0, 0.1) is 0 Å². The average molecular weight is 414 g/mol. The molecule has 1 aromatic heterocycles. The second-order valence-electron chi connectivity index (χ2n) is 6.34. The van der Waals surface area contributed by atoms with E-state index in [-0.39, 0.29) is 12.4 Å². The molecule has 3 rings (SSSR count). The lowest BCUT2D eigenvalue weighted by atomic mass is 10.1. The number of carbonyl (C=O) groups excluding carboxylic acids is 2. The maximum absolute atomic E-state index is 12.2. The predicted octanol–water partition coefficient (Wildman–Crippen LogP) is 1.19. The minimum absolute atomic E-state index is 0.000501. The molecule has 0 aliphatic carbocycles. The maximum Gasteiger partial charge on any atom is 0.351 e. The molecule has 12 heteroatoms. The molecule has 0 saturated carbocycles. The number of nitrogens with zero attached hydrogens (tertiary/aromatic N) is 5. The molecule has 0 bridgehead atoms. The highest BCUT2D eigenvalue weighted by Gasteiger charge is 2.48. The Kier molecular flexibility index (Phi) is 6.30. The van der Waals surface area contributed by atoms with E-state index in [1.54, 1.807) is 30.3 Å². The molecular weight excluding hydrogens is 396 g/mol. The topological polar surface area (TPSA) is 171 Å². The number of hydrogen-bond acceptors (Lipinski definition) is 9. The van der Waals surface area contributed by atoms with Gasteiger partial charge in [0.25, 0.3) is 0 Å². The largest absolute Gasteiger partial charge is 0.459 e. The zero-order chi connectivity index (χ0) is 21.7. The Morgan fingerprint density at radius 2 is 2.07 bits per heavy atom. The van der Waals surface area contributed by atoms with Crippen LogP contribution in [0.5, 0.6) is 0 Å². The predicted molar refractivity (Wildman–Crippen MR) is 102 cm³/mol. The summed E-state index contributed by atoms with van der Waals surface area (Å²) in [5.41, 5.74) is 14.0. The smallest absolute Gasteiger partial charge is 0.351 e. The fraction of sp³-hybridized carbons (Fsp3) is 0.333. The molecule has 2 heterocycles. The number of rotatable bonds is 6. The number of carbonyl (C=O) groups is 2. The molecule has 30 heavy (non-hydrogen) atoms. The van der Waals surface area contributed by atoms with Crippen molar-refractivity contribution in [3.63, 3.8) is 0 Å². The highest BCUT2D eigenvalue weighted by molar-refractivity contribution is 5.89. The Balaban J connectivity index is 1.87. The third-order valence-electron chi connectivity index (χ3n) is 4.31. The van der Waals surface area contributed by atoms with Gasteiger partial charge in [0.05, 0.1) is 5.56 Å². The van der Waals surface area contributed by atoms with Gasteiger partial charge in [0.15, 0.2) is 6.23 Å². The monoisotopic (exact) mass is 414 g/mol. The molecule has 1 fully saturated rings. The summed E-state index contributed by atoms with van der Waals surface area (Å²) in [6.45, 7) is 0.862. The zero-order valence-electron chi connectivity index (χ0n) is 15.8. The molecule has 12 nitrogen and oxygen atoms in total. The fourth-order valence-electron chi connectivity index (χ4n) is 3.04. The van der Waals surface area contributed by atoms with Gasteiger partial charge in [0.1, 0.15) is 30.7 Å². The zero-order valence-corrected chi connectivity index (χ0v) is 15.8. The Bertz CT molecular complexity index is 1030. The Morgan fingerprint density at radius 3 is 2.70 bits per heavy atom. The Morgan fingerprint density at radius 1 is 1.33 bits per heavy atom. The summed E-state index contributed by atoms with van der Waals surface area (Å²) in [6, 6.07) is 8.51. The summed E-state index contributed by atoms with van der Waals surface area (Å²) in [4.78, 5) is 42.4. The van der Waals surface area contributed by atoms with Crippen LogP contribution in [0.4, 0.5) is 5.82 Å². The van der Waals surface area contributed by atoms with E-state index in [9.17, 15) is 14.4 Å². The number of nitrogens with two attached hydrogens (primary N) is 1. The van der Waals surface area contributed by atoms with Crippen molar-refractivity contribution in [2.45, 2.75) is 31.4 Å². The number of ether oxygens (including phenoxy) is 3. The molecule has 0 amide bonds. The second-order valence-corrected chi connectivity index (χ2v) is 6.34. The molecule has 2 N–H and O–H groups in total. The van der Waals surface area contributed by atoms with Gasteiger partial charge in [-0.25, -0.2) is 9.59 Å². The quantitative estimate of drug-likeness (QED) is 0.318. The van der Waals surface area contributed by atoms with Crippen molar-refractivity contribution in [2.24, 2.45) is 5.11 Å². The third-order valence-corrected chi connectivity index (χ3v) is 4.31. The molecule has 156 valence electrons. The van der Waals surface area contributed by atoms with Crippen molar-refractivity contribution >= 4 is 17.8 Å². The van der Waals surface area contributed by atoms with Crippen LogP contribution in [0.2, 0.25) is 0 Å². The van der Waals surface area contributed by atoms with Crippen LogP contribution in [0.15, 0.2) is 52.5 Å². The first-order chi connectivity index (χ1) is 14.4. The van der Waals surface area contributed by atoms with Crippen LogP contribution in [-0.2, 0) is 19.0 Å². The number of azide groups is 1. The van der Waals surface area contributed by atoms with E-state index in [4.69, 9.17) is 25.5 Å². The lowest BCUT2D eigenvalue weighted by Crippen LogP contribution is -2.38. The first-order valence-corrected chi connectivity index (χ1v) is 8.84. The van der Waals surface area contributed by atoms with Crippen LogP contribution in [0.1, 0.15) is 23.5 Å². The average Bonchev–Trinajstić information content (AvgIpc) is 3.03. The van der Waals surface area contributed by atoms with Crippen molar-refractivity contribution in [3.8, 4) is 0 Å². The molecule has 4 atom stereocenters. The van der Waals surface area contributed by atoms with Gasteiger partial charge in [-0.2, -0.15) is 4.98 Å². The highest BCUT2D eigenvalue weighted by Crippen LogP contribution is 2.33. The number of benzene rings is 1. The van der Waals surface area contributed by atoms with Gasteiger partial charge in [0.2, 0.25) is 0 Å². The van der Waals surface area contributed by atoms with Gasteiger partial charge in [-0.1, -0.05) is 23.3 Å². The van der Waals surface area contributed by atoms with E-state index in [1.165, 1.54) is 19.2 Å². The van der Waals surface area contributed by atoms with E-state index in [2.05, 4.69) is 15.0 Å². The van der Waals surface area contributed by atoms with E-state index >= 15 is 0 Å². The van der Waals surface area contributed by atoms with E-state index < -0.39 is 42.1 Å². The van der Waals surface area contributed by atoms with Crippen molar-refractivity contribution in [1.29, 1.82) is 0 Å². The summed E-state index contributed by atoms with van der Waals surface area (Å²) in [5, 5.41) is 3.63. The van der Waals surface area contributed by atoms with Crippen LogP contribution in [0.3, 0.4) is 0 Å². The molecule has 2 aromatic rings. The van der Waals surface area contributed by atoms with E-state index in [1.807, 2.05) is 0 Å². The summed E-state index contributed by atoms with van der Waals surface area (Å²) in [6.07, 6.45) is -1.92. The van der Waals surface area contributed by atoms with Crippen molar-refractivity contribution in [2.75, 3.05) is 12.3 Å². The summed E-state index contributed by atoms with van der Waals surface area (Å²) >= 11 is 0. The molecule has 1 aliphatic heterocycles. The number of hydrogen-bond donors (Lipinski definition) is 1. The van der Waals surface area contributed by atoms with Crippen LogP contribution in [0.25, 0.3) is 10.4 Å². The normalized spacial score (nSPS) is 22.7. The molecule has 1 aliphatic rings. The number of nitrogen functional groups attached to an aromatic ring is 1. The van der Waals surface area contributed by atoms with Crippen LogP contribution < -0.4 is 11.4 Å². The van der Waals surface area contributed by atoms with Crippen LogP contribution in [-0.4, -0.2) is 46.3 Å². The van der Waals surface area contributed by atoms with Gasteiger partial charge >= 0.3 is 17.6 Å². The molecule has 0 spiro atoms. The number of esters is 2. The molecule has 0 unspecified atom stereocenters. The summed E-state index contributed by atoms with van der Waals surface area (Å²) < 4.78 is 17.4. The van der Waals surface area contributed by atoms with Crippen molar-refractivity contribution < 1.29 is 23.8 Å². The van der Waals surface area contributed by atoms with E-state index in [0.717, 1.165) is 4.57 Å². The molecule has 1 saturated heterocycles. The summed E-state index contributed by atoms with van der Waals surface area (Å²) in [7, 11) is 0. The SMILES string of the molecule is CC(=O)O[C@H]1[C@H](N=[N+]=[N-])[C@H](n2ccc(N)nc2=O)O[C@@H]1COC(=O)c1ccccc1. The van der Waals surface area contributed by atoms with Crippen LogP contribution >= 0.6 is 0 Å². The fourth-order valence-corrected chi connectivity index (χ4v) is 3.04. The van der Waals surface area contributed by atoms with Gasteiger partial charge < -0.3 is 19.9 Å².